The number of anilines is 1. The van der Waals surface area contributed by atoms with E-state index < -0.39 is 12.3 Å². The fraction of sp³-hybridized carbons (Fsp3) is 0.222. The Morgan fingerprint density at radius 1 is 1.15 bits per heavy atom. The van der Waals surface area contributed by atoms with Crippen LogP contribution in [-0.4, -0.2) is 25.3 Å². The Morgan fingerprint density at radius 2 is 1.85 bits per heavy atom. The Hall–Kier alpha value is -3.23. The number of alkyl halides is 3. The Morgan fingerprint density at radius 3 is 2.48 bits per heavy atom. The van der Waals surface area contributed by atoms with Gasteiger partial charge in [0.15, 0.2) is 0 Å². The molecule has 0 spiro atoms. The Kier molecular flexibility index (Phi) is 6.64. The van der Waals surface area contributed by atoms with Crippen LogP contribution in [0.3, 0.4) is 0 Å². The average molecular weight is 383 g/mol. The third kappa shape index (κ3) is 7.27. The molecule has 27 heavy (non-hydrogen) atoms. The van der Waals surface area contributed by atoms with Gasteiger partial charge in [-0.25, -0.2) is 0 Å². The number of carbonyl (C=O) groups is 2. The van der Waals surface area contributed by atoms with Gasteiger partial charge in [0.1, 0.15) is 17.3 Å². The number of hydrogen-bond acceptors (Lipinski definition) is 5. The van der Waals surface area contributed by atoms with Crippen LogP contribution in [-0.2, 0) is 20.7 Å². The molecule has 2 aromatic rings. The monoisotopic (exact) mass is 383 g/mol. The van der Waals surface area contributed by atoms with Crippen LogP contribution in [0.2, 0.25) is 0 Å². The van der Waals surface area contributed by atoms with Crippen molar-refractivity contribution in [2.24, 2.45) is 0 Å². The largest absolute Gasteiger partial charge is 0.573 e. The van der Waals surface area contributed by atoms with Gasteiger partial charge in [-0.3, -0.25) is 9.59 Å². The highest BCUT2D eigenvalue weighted by molar-refractivity contribution is 6.01. The van der Waals surface area contributed by atoms with Gasteiger partial charge in [-0.15, -0.1) is 13.2 Å². The number of amides is 1. The Balaban J connectivity index is 1.86. The van der Waals surface area contributed by atoms with Crippen LogP contribution in [0.1, 0.15) is 17.9 Å². The Bertz CT molecular complexity index is 809. The normalized spacial score (nSPS) is 11.4. The van der Waals surface area contributed by atoms with Gasteiger partial charge in [0.2, 0.25) is 5.91 Å². The molecule has 2 rings (SSSR count). The molecule has 1 amide bonds. The zero-order chi connectivity index (χ0) is 19.9. The molecule has 0 aliphatic carbocycles. The summed E-state index contributed by atoms with van der Waals surface area (Å²) in [7, 11) is 1.30. The van der Waals surface area contributed by atoms with E-state index in [2.05, 4.69) is 14.8 Å². The summed E-state index contributed by atoms with van der Waals surface area (Å²) in [5.41, 5.74) is 0.303. The van der Waals surface area contributed by atoms with E-state index in [1.54, 1.807) is 12.1 Å². The molecule has 1 heterocycles. The fourth-order valence-electron chi connectivity index (χ4n) is 2.03. The molecule has 0 aliphatic rings. The van der Waals surface area contributed by atoms with Crippen molar-refractivity contribution < 1.29 is 36.7 Å². The van der Waals surface area contributed by atoms with Crippen molar-refractivity contribution in [2.45, 2.75) is 19.2 Å². The molecule has 0 atom stereocenters. The summed E-state index contributed by atoms with van der Waals surface area (Å²) in [6, 6.07) is 8.06. The second-order valence-corrected chi connectivity index (χ2v) is 5.27. The maximum atomic E-state index is 12.1. The predicted molar refractivity (Wildman–Crippen MR) is 89.8 cm³/mol. The van der Waals surface area contributed by atoms with E-state index >= 15 is 0 Å². The lowest BCUT2D eigenvalue weighted by molar-refractivity contribution is -0.274. The van der Waals surface area contributed by atoms with Crippen LogP contribution in [0.15, 0.2) is 46.9 Å². The van der Waals surface area contributed by atoms with E-state index in [9.17, 15) is 22.8 Å². The van der Waals surface area contributed by atoms with Crippen LogP contribution in [0, 0.1) is 0 Å². The molecule has 1 N–H and O–H groups in total. The van der Waals surface area contributed by atoms with Crippen LogP contribution < -0.4 is 10.1 Å². The fourth-order valence-corrected chi connectivity index (χ4v) is 2.03. The maximum absolute atomic E-state index is 12.1. The van der Waals surface area contributed by atoms with Crippen molar-refractivity contribution in [1.82, 2.24) is 0 Å². The van der Waals surface area contributed by atoms with Crippen molar-refractivity contribution in [3.05, 3.63) is 54.0 Å². The number of carbonyl (C=O) groups excluding carboxylic acids is 2. The minimum Gasteiger partial charge on any atom is -0.469 e. The highest BCUT2D eigenvalue weighted by Gasteiger charge is 2.30. The highest BCUT2D eigenvalue weighted by atomic mass is 19.4. The molecule has 0 radical (unpaired) electrons. The van der Waals surface area contributed by atoms with Gasteiger partial charge in [0.25, 0.3) is 0 Å². The van der Waals surface area contributed by atoms with Crippen molar-refractivity contribution >= 4 is 23.6 Å². The number of nitrogens with one attached hydrogen (secondary N) is 1. The number of rotatable bonds is 7. The van der Waals surface area contributed by atoms with E-state index in [0.717, 1.165) is 12.1 Å². The van der Waals surface area contributed by atoms with Crippen LogP contribution in [0.25, 0.3) is 6.08 Å². The smallest absolute Gasteiger partial charge is 0.469 e. The third-order valence-corrected chi connectivity index (χ3v) is 3.24. The zero-order valence-electron chi connectivity index (χ0n) is 14.2. The molecule has 0 aliphatic heterocycles. The van der Waals surface area contributed by atoms with Gasteiger partial charge in [0, 0.05) is 18.2 Å². The van der Waals surface area contributed by atoms with Crippen molar-refractivity contribution in [3.8, 4) is 5.75 Å². The summed E-state index contributed by atoms with van der Waals surface area (Å²) in [6.07, 6.45) is -1.58. The number of furan rings is 1. The summed E-state index contributed by atoms with van der Waals surface area (Å²) in [4.78, 5) is 22.9. The van der Waals surface area contributed by atoms with E-state index in [1.807, 2.05) is 0 Å². The first-order chi connectivity index (χ1) is 12.7. The molecule has 9 heteroatoms. The summed E-state index contributed by atoms with van der Waals surface area (Å²) < 4.78 is 50.0. The molecular formula is C18H16F3NO5. The molecule has 1 aromatic carbocycles. The number of esters is 1. The van der Waals surface area contributed by atoms with Gasteiger partial charge < -0.3 is 19.2 Å². The Labute approximate surface area is 152 Å². The number of methoxy groups -OCH3 is 1. The maximum Gasteiger partial charge on any atom is 0.573 e. The number of aryl methyl sites for hydroxylation is 1. The van der Waals surface area contributed by atoms with Crippen LogP contribution >= 0.6 is 0 Å². The molecule has 0 saturated heterocycles. The molecule has 0 fully saturated rings. The molecular weight excluding hydrogens is 367 g/mol. The quantitative estimate of drug-likeness (QED) is 0.579. The van der Waals surface area contributed by atoms with Gasteiger partial charge >= 0.3 is 12.3 Å². The van der Waals surface area contributed by atoms with Crippen LogP contribution in [0.4, 0.5) is 18.9 Å². The zero-order valence-corrected chi connectivity index (χ0v) is 14.2. The number of benzene rings is 1. The summed E-state index contributed by atoms with van der Waals surface area (Å²) in [5.74, 6) is -0.243. The molecule has 1 aromatic heterocycles. The first kappa shape index (κ1) is 20.1. The number of hydrogen-bond donors (Lipinski definition) is 1. The number of halogens is 3. The molecule has 0 bridgehead atoms. The summed E-state index contributed by atoms with van der Waals surface area (Å²) in [5, 5.41) is 2.49. The molecule has 0 unspecified atom stereocenters. The third-order valence-electron chi connectivity index (χ3n) is 3.24. The first-order valence-corrected chi connectivity index (χ1v) is 7.75. The van der Waals surface area contributed by atoms with Gasteiger partial charge in [0.05, 0.1) is 13.5 Å². The van der Waals surface area contributed by atoms with Gasteiger partial charge in [-0.05, 0) is 42.5 Å². The van der Waals surface area contributed by atoms with E-state index in [4.69, 9.17) is 4.42 Å². The van der Waals surface area contributed by atoms with Crippen molar-refractivity contribution in [3.63, 3.8) is 0 Å². The highest BCUT2D eigenvalue weighted by Crippen LogP contribution is 2.24. The molecule has 144 valence electrons. The lowest BCUT2D eigenvalue weighted by atomic mass is 10.2. The molecule has 0 saturated carbocycles. The first-order valence-electron chi connectivity index (χ1n) is 7.75. The van der Waals surface area contributed by atoms with Crippen LogP contribution in [0.5, 0.6) is 5.75 Å². The van der Waals surface area contributed by atoms with Gasteiger partial charge in [-0.1, -0.05) is 0 Å². The lowest BCUT2D eigenvalue weighted by Crippen LogP contribution is -2.17. The lowest BCUT2D eigenvalue weighted by Gasteiger charge is -2.09. The van der Waals surface area contributed by atoms with Crippen molar-refractivity contribution in [1.29, 1.82) is 0 Å². The SMILES string of the molecule is COC(=O)CCc1ccc(/C=C/C(=O)Nc2ccc(OC(F)(F)F)cc2)o1. The van der Waals surface area contributed by atoms with E-state index in [-0.39, 0.29) is 18.1 Å². The standard InChI is InChI=1S/C18H16F3NO5/c1-25-17(24)11-9-14-7-6-13(26-14)8-10-16(23)22-12-2-4-15(5-3-12)27-18(19,20)21/h2-8,10H,9,11H2,1H3,(H,22,23)/b10-8+. The second kappa shape index (κ2) is 8.93. The van der Waals surface area contributed by atoms with Crippen molar-refractivity contribution in [2.75, 3.05) is 12.4 Å². The summed E-state index contributed by atoms with van der Waals surface area (Å²) in [6.45, 7) is 0. The topological polar surface area (TPSA) is 77.8 Å². The minimum absolute atomic E-state index is 0.182. The predicted octanol–water partition coefficient (Wildman–Crippen LogP) is 3.94. The molecule has 6 nitrogen and oxygen atoms in total. The average Bonchev–Trinajstić information content (AvgIpc) is 3.06. The van der Waals surface area contributed by atoms with E-state index in [0.29, 0.717) is 23.6 Å². The summed E-state index contributed by atoms with van der Waals surface area (Å²) >= 11 is 0. The number of ether oxygens (including phenoxy) is 2. The van der Waals surface area contributed by atoms with Gasteiger partial charge in [-0.2, -0.15) is 0 Å². The second-order valence-electron chi connectivity index (χ2n) is 5.27. The van der Waals surface area contributed by atoms with E-state index in [1.165, 1.54) is 31.4 Å². The minimum atomic E-state index is -4.77.